The highest BCUT2D eigenvalue weighted by molar-refractivity contribution is 7.98. The number of fused-ring (bicyclic) bond motifs is 1. The number of hydrogen-bond acceptors (Lipinski definition) is 10. The summed E-state index contributed by atoms with van der Waals surface area (Å²) in [5, 5.41) is 32.8. The number of anilines is 1. The van der Waals surface area contributed by atoms with Crippen molar-refractivity contribution in [3.63, 3.8) is 0 Å². The monoisotopic (exact) mass is 399 g/mol. The number of carbonyl (C=O) groups is 1. The number of carbonyl (C=O) groups excluding carboxylic acids is 1. The molecule has 0 unspecified atom stereocenters. The van der Waals surface area contributed by atoms with Gasteiger partial charge in [-0.05, 0) is 13.2 Å². The van der Waals surface area contributed by atoms with Gasteiger partial charge in [0, 0.05) is 6.92 Å². The average Bonchev–Trinajstić information content (AvgIpc) is 3.12. The summed E-state index contributed by atoms with van der Waals surface area (Å²) in [6, 6.07) is 0. The van der Waals surface area contributed by atoms with Gasteiger partial charge < -0.3 is 24.8 Å². The van der Waals surface area contributed by atoms with E-state index in [1.165, 1.54) is 23.3 Å². The minimum Gasteiger partial charge on any atom is -0.476 e. The number of nitrogens with zero attached hydrogens (tertiary/aromatic N) is 4. The lowest BCUT2D eigenvalue weighted by molar-refractivity contribution is -0.114. The van der Waals surface area contributed by atoms with Crippen molar-refractivity contribution < 1.29 is 29.6 Å². The molecule has 1 fully saturated rings. The van der Waals surface area contributed by atoms with Crippen molar-refractivity contribution in [1.29, 1.82) is 0 Å². The Labute approximate surface area is 158 Å². The molecule has 2 aromatic rings. The van der Waals surface area contributed by atoms with E-state index in [-0.39, 0.29) is 23.4 Å². The van der Waals surface area contributed by atoms with Crippen molar-refractivity contribution in [2.75, 3.05) is 24.8 Å². The SMILES string of the molecule is CCOc1nc(NC(C)=O)nc2c1nc(SC)n2[C@@H]1O[C@H](CO)[C@@H](O)[C@H]1O. The Hall–Kier alpha value is -1.99. The van der Waals surface area contributed by atoms with Gasteiger partial charge in [0.05, 0.1) is 13.2 Å². The number of rotatable bonds is 6. The first-order chi connectivity index (χ1) is 12.9. The lowest BCUT2D eigenvalue weighted by Crippen LogP contribution is -2.33. The van der Waals surface area contributed by atoms with Gasteiger partial charge in [0.15, 0.2) is 22.5 Å². The maximum atomic E-state index is 11.4. The summed E-state index contributed by atoms with van der Waals surface area (Å²) >= 11 is 1.27. The molecule has 1 aliphatic rings. The quantitative estimate of drug-likeness (QED) is 0.469. The van der Waals surface area contributed by atoms with E-state index in [4.69, 9.17) is 9.47 Å². The Balaban J connectivity index is 2.18. The van der Waals surface area contributed by atoms with Crippen molar-refractivity contribution in [3.05, 3.63) is 0 Å². The van der Waals surface area contributed by atoms with Crippen LogP contribution in [-0.2, 0) is 9.53 Å². The largest absolute Gasteiger partial charge is 0.476 e. The molecule has 4 N–H and O–H groups in total. The molecule has 2 aromatic heterocycles. The summed E-state index contributed by atoms with van der Waals surface area (Å²) in [5.74, 6) is -0.174. The molecule has 0 radical (unpaired) electrons. The van der Waals surface area contributed by atoms with Crippen LogP contribution in [0.4, 0.5) is 5.95 Å². The fourth-order valence-corrected chi connectivity index (χ4v) is 3.42. The van der Waals surface area contributed by atoms with Gasteiger partial charge in [0.1, 0.15) is 18.3 Å². The van der Waals surface area contributed by atoms with Crippen molar-refractivity contribution in [2.45, 2.75) is 43.5 Å². The van der Waals surface area contributed by atoms with Gasteiger partial charge in [-0.15, -0.1) is 0 Å². The number of amides is 1. The zero-order chi connectivity index (χ0) is 19.7. The lowest BCUT2D eigenvalue weighted by atomic mass is 10.1. The minimum atomic E-state index is -1.31. The summed E-state index contributed by atoms with van der Waals surface area (Å²) in [6.45, 7) is 2.97. The van der Waals surface area contributed by atoms with Gasteiger partial charge in [0.25, 0.3) is 0 Å². The third-order valence-electron chi connectivity index (χ3n) is 4.00. The molecule has 11 nitrogen and oxygen atoms in total. The van der Waals surface area contributed by atoms with Crippen LogP contribution in [0.1, 0.15) is 20.1 Å². The number of ether oxygens (including phenoxy) is 2. The molecule has 0 aromatic carbocycles. The van der Waals surface area contributed by atoms with Gasteiger partial charge in [-0.25, -0.2) is 4.98 Å². The zero-order valence-corrected chi connectivity index (χ0v) is 15.8. The first-order valence-corrected chi connectivity index (χ1v) is 9.50. The van der Waals surface area contributed by atoms with E-state index in [1.54, 1.807) is 13.2 Å². The number of aliphatic hydroxyl groups is 3. The summed E-state index contributed by atoms with van der Waals surface area (Å²) in [5.41, 5.74) is 0.587. The summed E-state index contributed by atoms with van der Waals surface area (Å²) in [4.78, 5) is 24.3. The molecule has 1 saturated heterocycles. The number of aromatic nitrogens is 4. The van der Waals surface area contributed by atoms with E-state index in [0.717, 1.165) is 0 Å². The van der Waals surface area contributed by atoms with E-state index in [1.807, 2.05) is 0 Å². The number of nitrogens with one attached hydrogen (secondary N) is 1. The number of imidazole rings is 1. The second kappa shape index (κ2) is 7.94. The molecule has 0 saturated carbocycles. The average molecular weight is 399 g/mol. The highest BCUT2D eigenvalue weighted by Crippen LogP contribution is 2.37. The van der Waals surface area contributed by atoms with Gasteiger partial charge in [0.2, 0.25) is 17.7 Å². The highest BCUT2D eigenvalue weighted by Gasteiger charge is 2.45. The second-order valence-electron chi connectivity index (χ2n) is 5.84. The zero-order valence-electron chi connectivity index (χ0n) is 15.0. The number of hydrogen-bond donors (Lipinski definition) is 4. The Kier molecular flexibility index (Phi) is 5.81. The topological polar surface area (TPSA) is 152 Å². The fraction of sp³-hybridized carbons (Fsp3) is 0.600. The van der Waals surface area contributed by atoms with Crippen LogP contribution in [0.5, 0.6) is 5.88 Å². The lowest BCUT2D eigenvalue weighted by Gasteiger charge is -2.18. The van der Waals surface area contributed by atoms with Gasteiger partial charge in [-0.2, -0.15) is 9.97 Å². The minimum absolute atomic E-state index is 0.0130. The smallest absolute Gasteiger partial charge is 0.247 e. The van der Waals surface area contributed by atoms with E-state index in [9.17, 15) is 20.1 Å². The van der Waals surface area contributed by atoms with Crippen LogP contribution in [0.25, 0.3) is 11.2 Å². The molecule has 27 heavy (non-hydrogen) atoms. The second-order valence-corrected chi connectivity index (χ2v) is 6.61. The molecule has 0 bridgehead atoms. The molecular formula is C15H21N5O6S. The standard InChI is InChI=1S/C15H21N5O6S/c1-4-25-12-8-11(18-14(19-12)16-6(2)22)20(15(17-8)27-3)13-10(24)9(23)7(5-21)26-13/h7,9-10,13,21,23-24H,4-5H2,1-3H3,(H,16,18,19,22)/t7-,9-,10-,13-/m1/s1. The first kappa shape index (κ1) is 19.8. The Morgan fingerprint density at radius 3 is 2.63 bits per heavy atom. The molecule has 1 amide bonds. The third kappa shape index (κ3) is 3.58. The van der Waals surface area contributed by atoms with E-state index < -0.39 is 31.1 Å². The Bertz CT molecular complexity index is 846. The molecule has 3 rings (SSSR count). The van der Waals surface area contributed by atoms with Crippen molar-refractivity contribution in [3.8, 4) is 5.88 Å². The van der Waals surface area contributed by atoms with Crippen LogP contribution in [-0.4, -0.2) is 78.5 Å². The van der Waals surface area contributed by atoms with Gasteiger partial charge in [-0.1, -0.05) is 11.8 Å². The number of aliphatic hydroxyl groups excluding tert-OH is 3. The fourth-order valence-electron chi connectivity index (χ4n) is 2.85. The van der Waals surface area contributed by atoms with Crippen molar-refractivity contribution >= 4 is 34.8 Å². The molecule has 0 spiro atoms. The normalized spacial score (nSPS) is 25.1. The van der Waals surface area contributed by atoms with Crippen LogP contribution in [0.3, 0.4) is 0 Å². The van der Waals surface area contributed by atoms with Gasteiger partial charge >= 0.3 is 0 Å². The van der Waals surface area contributed by atoms with Crippen LogP contribution < -0.4 is 10.1 Å². The van der Waals surface area contributed by atoms with Crippen LogP contribution >= 0.6 is 11.8 Å². The third-order valence-corrected chi connectivity index (χ3v) is 4.65. The van der Waals surface area contributed by atoms with Crippen LogP contribution in [0.2, 0.25) is 0 Å². The molecule has 12 heteroatoms. The summed E-state index contributed by atoms with van der Waals surface area (Å²) in [6.07, 6.45) is -2.77. The maximum Gasteiger partial charge on any atom is 0.247 e. The maximum absolute atomic E-state index is 11.4. The molecule has 1 aliphatic heterocycles. The van der Waals surface area contributed by atoms with E-state index >= 15 is 0 Å². The summed E-state index contributed by atoms with van der Waals surface area (Å²) < 4.78 is 12.6. The molecule has 3 heterocycles. The first-order valence-electron chi connectivity index (χ1n) is 8.28. The van der Waals surface area contributed by atoms with E-state index in [0.29, 0.717) is 17.3 Å². The molecule has 4 atom stereocenters. The number of thioether (sulfide) groups is 1. The predicted molar refractivity (Wildman–Crippen MR) is 95.6 cm³/mol. The van der Waals surface area contributed by atoms with Crippen LogP contribution in [0.15, 0.2) is 5.16 Å². The van der Waals surface area contributed by atoms with Crippen LogP contribution in [0, 0.1) is 0 Å². The highest BCUT2D eigenvalue weighted by atomic mass is 32.2. The molecular weight excluding hydrogens is 378 g/mol. The molecule has 148 valence electrons. The Morgan fingerprint density at radius 1 is 1.33 bits per heavy atom. The van der Waals surface area contributed by atoms with E-state index in [2.05, 4.69) is 20.3 Å². The van der Waals surface area contributed by atoms with Gasteiger partial charge in [-0.3, -0.25) is 14.7 Å². The molecule has 0 aliphatic carbocycles. The van der Waals surface area contributed by atoms with Crippen molar-refractivity contribution in [1.82, 2.24) is 19.5 Å². The predicted octanol–water partition coefficient (Wildman–Crippen LogP) is -0.483. The van der Waals surface area contributed by atoms with Crippen molar-refractivity contribution in [2.24, 2.45) is 0 Å². The summed E-state index contributed by atoms with van der Waals surface area (Å²) in [7, 11) is 0. The Morgan fingerprint density at radius 2 is 2.07 bits per heavy atom.